The fourth-order valence-electron chi connectivity index (χ4n) is 2.33. The molecule has 0 aliphatic carbocycles. The van der Waals surface area contributed by atoms with E-state index in [4.69, 9.17) is 0 Å². The SMILES string of the molecule is O=C1C=C(O)C(c2ccccc2)=[N+]1c1ccc([N+](=O)[O-])cc1. The lowest BCUT2D eigenvalue weighted by atomic mass is 10.1. The van der Waals surface area contributed by atoms with Crippen LogP contribution in [0, 0.1) is 10.1 Å². The molecular weight excluding hydrogens is 284 g/mol. The molecule has 3 rings (SSSR count). The second-order valence-electron chi connectivity index (χ2n) is 4.69. The summed E-state index contributed by atoms with van der Waals surface area (Å²) in [7, 11) is 0. The number of hydrogen-bond acceptors (Lipinski definition) is 4. The maximum atomic E-state index is 12.1. The number of hydrogen-bond donors (Lipinski definition) is 1. The van der Waals surface area contributed by atoms with Crippen LogP contribution in [0.3, 0.4) is 0 Å². The zero-order valence-corrected chi connectivity index (χ0v) is 11.3. The van der Waals surface area contributed by atoms with Crippen LogP contribution in [0.15, 0.2) is 66.4 Å². The molecule has 0 bridgehead atoms. The second-order valence-corrected chi connectivity index (χ2v) is 4.69. The van der Waals surface area contributed by atoms with Crippen molar-refractivity contribution in [1.82, 2.24) is 0 Å². The van der Waals surface area contributed by atoms with Gasteiger partial charge in [-0.2, -0.15) is 0 Å². The summed E-state index contributed by atoms with van der Waals surface area (Å²) in [6, 6.07) is 14.6. The van der Waals surface area contributed by atoms with Gasteiger partial charge < -0.3 is 5.11 Å². The number of aliphatic hydroxyl groups is 1. The summed E-state index contributed by atoms with van der Waals surface area (Å²) in [5.74, 6) is -0.528. The highest BCUT2D eigenvalue weighted by atomic mass is 16.6. The Morgan fingerprint density at radius 3 is 2.23 bits per heavy atom. The molecular formula is C16H11N2O4+. The van der Waals surface area contributed by atoms with Gasteiger partial charge in [0.15, 0.2) is 5.76 Å². The van der Waals surface area contributed by atoms with Gasteiger partial charge in [0.25, 0.3) is 11.4 Å². The lowest BCUT2D eigenvalue weighted by molar-refractivity contribution is -0.385. The number of nitro benzene ring substituents is 1. The van der Waals surface area contributed by atoms with Gasteiger partial charge in [-0.15, -0.1) is 4.58 Å². The predicted octanol–water partition coefficient (Wildman–Crippen LogP) is 2.71. The van der Waals surface area contributed by atoms with Crippen molar-refractivity contribution in [2.24, 2.45) is 0 Å². The molecule has 0 fully saturated rings. The second kappa shape index (κ2) is 5.25. The Balaban J connectivity index is 2.15. The number of allylic oxidation sites excluding steroid dienone is 1. The van der Waals surface area contributed by atoms with Crippen molar-refractivity contribution < 1.29 is 19.4 Å². The molecule has 6 heteroatoms. The van der Waals surface area contributed by atoms with Crippen LogP contribution in [0.5, 0.6) is 0 Å². The molecule has 1 N–H and O–H groups in total. The van der Waals surface area contributed by atoms with Crippen molar-refractivity contribution in [3.05, 3.63) is 82.1 Å². The highest BCUT2D eigenvalue weighted by Gasteiger charge is 2.36. The number of benzene rings is 2. The summed E-state index contributed by atoms with van der Waals surface area (Å²) in [5, 5.41) is 20.7. The number of carbonyl (C=O) groups excluding carboxylic acids is 1. The molecule has 0 saturated heterocycles. The smallest absolute Gasteiger partial charge is 0.422 e. The van der Waals surface area contributed by atoms with E-state index in [1.165, 1.54) is 28.8 Å². The average molecular weight is 295 g/mol. The minimum absolute atomic E-state index is 0.0613. The highest BCUT2D eigenvalue weighted by molar-refractivity contribution is 6.16. The van der Waals surface area contributed by atoms with E-state index in [2.05, 4.69) is 0 Å². The van der Waals surface area contributed by atoms with Crippen molar-refractivity contribution in [3.8, 4) is 0 Å². The number of carbonyl (C=O) groups is 1. The molecule has 108 valence electrons. The third-order valence-corrected chi connectivity index (χ3v) is 3.31. The minimum atomic E-state index is -0.507. The van der Waals surface area contributed by atoms with Gasteiger partial charge >= 0.3 is 5.91 Å². The monoisotopic (exact) mass is 295 g/mol. The van der Waals surface area contributed by atoms with E-state index >= 15 is 0 Å². The van der Waals surface area contributed by atoms with E-state index in [9.17, 15) is 20.0 Å². The largest absolute Gasteiger partial charge is 0.502 e. The summed E-state index contributed by atoms with van der Waals surface area (Å²) in [4.78, 5) is 22.3. The Hall–Kier alpha value is -3.28. The van der Waals surface area contributed by atoms with Crippen molar-refractivity contribution in [3.63, 3.8) is 0 Å². The Kier molecular flexibility index (Phi) is 3.27. The summed E-state index contributed by atoms with van der Waals surface area (Å²) in [6.07, 6.45) is 1.13. The summed E-state index contributed by atoms with van der Waals surface area (Å²) in [6.45, 7) is 0. The Morgan fingerprint density at radius 1 is 1.00 bits per heavy atom. The normalized spacial score (nSPS) is 14.2. The van der Waals surface area contributed by atoms with Crippen molar-refractivity contribution in [2.75, 3.05) is 0 Å². The van der Waals surface area contributed by atoms with Gasteiger partial charge in [0.2, 0.25) is 5.69 Å². The number of nitrogens with zero attached hydrogens (tertiary/aromatic N) is 2. The van der Waals surface area contributed by atoms with E-state index in [0.717, 1.165) is 6.08 Å². The summed E-state index contributed by atoms with van der Waals surface area (Å²) >= 11 is 0. The molecule has 1 aliphatic rings. The number of nitro groups is 1. The number of aliphatic hydroxyl groups excluding tert-OH is 1. The molecule has 0 unspecified atom stereocenters. The first-order chi connectivity index (χ1) is 10.6. The molecule has 0 radical (unpaired) electrons. The molecule has 2 aromatic rings. The van der Waals surface area contributed by atoms with Crippen molar-refractivity contribution >= 4 is 23.0 Å². The molecule has 0 aromatic heterocycles. The highest BCUT2D eigenvalue weighted by Crippen LogP contribution is 2.24. The Morgan fingerprint density at radius 2 is 1.64 bits per heavy atom. The van der Waals surface area contributed by atoms with Crippen LogP contribution in [0.2, 0.25) is 0 Å². The molecule has 6 nitrogen and oxygen atoms in total. The van der Waals surface area contributed by atoms with Crippen LogP contribution < -0.4 is 0 Å². The third-order valence-electron chi connectivity index (χ3n) is 3.31. The predicted molar refractivity (Wildman–Crippen MR) is 79.3 cm³/mol. The summed E-state index contributed by atoms with van der Waals surface area (Å²) < 4.78 is 1.33. The molecule has 22 heavy (non-hydrogen) atoms. The van der Waals surface area contributed by atoms with Crippen LogP contribution in [0.4, 0.5) is 11.4 Å². The third kappa shape index (κ3) is 2.26. The fraction of sp³-hybridized carbons (Fsp3) is 0. The van der Waals surface area contributed by atoms with E-state index in [0.29, 0.717) is 17.0 Å². The lowest BCUT2D eigenvalue weighted by Crippen LogP contribution is -2.18. The Bertz CT molecular complexity index is 821. The van der Waals surface area contributed by atoms with Crippen LogP contribution in [0.25, 0.3) is 0 Å². The molecule has 1 amide bonds. The minimum Gasteiger partial charge on any atom is -0.502 e. The molecule has 0 spiro atoms. The number of amides is 1. The van der Waals surface area contributed by atoms with Crippen LogP contribution >= 0.6 is 0 Å². The molecule has 1 heterocycles. The van der Waals surface area contributed by atoms with E-state index < -0.39 is 10.8 Å². The molecule has 0 atom stereocenters. The van der Waals surface area contributed by atoms with Gasteiger partial charge in [0.1, 0.15) is 6.08 Å². The zero-order chi connectivity index (χ0) is 15.7. The lowest BCUT2D eigenvalue weighted by Gasteiger charge is -2.01. The number of rotatable bonds is 3. The fourth-order valence-corrected chi connectivity index (χ4v) is 2.33. The zero-order valence-electron chi connectivity index (χ0n) is 11.3. The first-order valence-corrected chi connectivity index (χ1v) is 6.50. The molecule has 1 aliphatic heterocycles. The van der Waals surface area contributed by atoms with Crippen LogP contribution in [0.1, 0.15) is 5.56 Å². The quantitative estimate of drug-likeness (QED) is 0.536. The van der Waals surface area contributed by atoms with Gasteiger partial charge in [0, 0.05) is 24.3 Å². The van der Waals surface area contributed by atoms with Crippen molar-refractivity contribution in [2.45, 2.75) is 0 Å². The first kappa shape index (κ1) is 13.7. The first-order valence-electron chi connectivity index (χ1n) is 6.50. The van der Waals surface area contributed by atoms with Gasteiger partial charge in [-0.3, -0.25) is 10.1 Å². The van der Waals surface area contributed by atoms with Gasteiger partial charge in [-0.25, -0.2) is 4.79 Å². The Labute approximate surface area is 125 Å². The topological polar surface area (TPSA) is 83.4 Å². The van der Waals surface area contributed by atoms with Crippen molar-refractivity contribution in [1.29, 1.82) is 0 Å². The standard InChI is InChI=1S/C16H10N2O4/c19-14-10-15(20)17(16(14)11-4-2-1-3-5-11)12-6-8-13(9-7-12)18(21)22/h1-10H/p+1. The molecule has 2 aromatic carbocycles. The average Bonchev–Trinajstić information content (AvgIpc) is 2.82. The van der Waals surface area contributed by atoms with Gasteiger partial charge in [0.05, 0.1) is 10.5 Å². The van der Waals surface area contributed by atoms with Crippen LogP contribution in [-0.2, 0) is 4.79 Å². The maximum absolute atomic E-state index is 12.1. The van der Waals surface area contributed by atoms with E-state index in [1.807, 2.05) is 6.07 Å². The number of non-ortho nitro benzene ring substituents is 1. The maximum Gasteiger partial charge on any atom is 0.422 e. The van der Waals surface area contributed by atoms with Gasteiger partial charge in [-0.1, -0.05) is 18.2 Å². The van der Waals surface area contributed by atoms with E-state index in [1.54, 1.807) is 24.3 Å². The molecule has 0 saturated carbocycles. The van der Waals surface area contributed by atoms with Crippen LogP contribution in [-0.4, -0.2) is 26.2 Å². The van der Waals surface area contributed by atoms with Gasteiger partial charge in [-0.05, 0) is 12.1 Å². The van der Waals surface area contributed by atoms with E-state index in [-0.39, 0.29) is 11.4 Å². The summed E-state index contributed by atoms with van der Waals surface area (Å²) in [5.41, 5.74) is 1.43.